The first-order valence-electron chi connectivity index (χ1n) is 8.60. The SMILES string of the molecule is Cc1nc(SC[C@@H](O)CN2CCOCC2)c2c3c(sc2n1)CCC3. The summed E-state index contributed by atoms with van der Waals surface area (Å²) in [7, 11) is 0. The van der Waals surface area contributed by atoms with E-state index in [1.807, 2.05) is 18.3 Å². The Kier molecular flexibility index (Phi) is 5.05. The Balaban J connectivity index is 1.47. The van der Waals surface area contributed by atoms with Crippen LogP contribution in [0.1, 0.15) is 22.7 Å². The average molecular weight is 366 g/mol. The van der Waals surface area contributed by atoms with Gasteiger partial charge in [-0.15, -0.1) is 23.1 Å². The third-order valence-electron chi connectivity index (χ3n) is 4.63. The predicted molar refractivity (Wildman–Crippen MR) is 98.2 cm³/mol. The zero-order valence-corrected chi connectivity index (χ0v) is 15.6. The number of aliphatic hydroxyl groups is 1. The molecule has 24 heavy (non-hydrogen) atoms. The van der Waals surface area contributed by atoms with Crippen LogP contribution in [0.15, 0.2) is 5.03 Å². The normalized spacial score (nSPS) is 19.8. The largest absolute Gasteiger partial charge is 0.391 e. The second kappa shape index (κ2) is 7.25. The molecule has 2 aliphatic rings. The molecule has 0 saturated carbocycles. The molecule has 1 N–H and O–H groups in total. The van der Waals surface area contributed by atoms with E-state index < -0.39 is 0 Å². The summed E-state index contributed by atoms with van der Waals surface area (Å²) in [6.07, 6.45) is 3.23. The number of hydrogen-bond donors (Lipinski definition) is 1. The molecule has 4 rings (SSSR count). The molecule has 0 radical (unpaired) electrons. The number of thioether (sulfide) groups is 1. The summed E-state index contributed by atoms with van der Waals surface area (Å²) < 4.78 is 5.36. The highest BCUT2D eigenvalue weighted by atomic mass is 32.2. The van der Waals surface area contributed by atoms with E-state index in [1.54, 1.807) is 11.8 Å². The van der Waals surface area contributed by atoms with Crippen molar-refractivity contribution in [1.29, 1.82) is 0 Å². The van der Waals surface area contributed by atoms with Gasteiger partial charge in [0.05, 0.1) is 19.3 Å². The van der Waals surface area contributed by atoms with E-state index in [0.717, 1.165) is 48.4 Å². The molecular formula is C17H23N3O2S2. The van der Waals surface area contributed by atoms with Crippen molar-refractivity contribution >= 4 is 33.3 Å². The fraction of sp³-hybridized carbons (Fsp3) is 0.647. The minimum absolute atomic E-state index is 0.342. The summed E-state index contributed by atoms with van der Waals surface area (Å²) >= 11 is 3.51. The molecule has 0 aromatic carbocycles. The van der Waals surface area contributed by atoms with Crippen LogP contribution in [0.2, 0.25) is 0 Å². The fourth-order valence-corrected chi connectivity index (χ4v) is 5.87. The molecule has 7 heteroatoms. The van der Waals surface area contributed by atoms with Gasteiger partial charge in [0.2, 0.25) is 0 Å². The van der Waals surface area contributed by atoms with Crippen molar-refractivity contribution in [3.63, 3.8) is 0 Å². The topological polar surface area (TPSA) is 58.5 Å². The molecule has 1 saturated heterocycles. The fourth-order valence-electron chi connectivity index (χ4n) is 3.48. The number of fused-ring (bicyclic) bond motifs is 3. The molecule has 2 aromatic heterocycles. The molecule has 5 nitrogen and oxygen atoms in total. The molecule has 3 heterocycles. The third kappa shape index (κ3) is 3.46. The van der Waals surface area contributed by atoms with E-state index in [2.05, 4.69) is 14.9 Å². The summed E-state index contributed by atoms with van der Waals surface area (Å²) in [6, 6.07) is 0. The van der Waals surface area contributed by atoms with Gasteiger partial charge in [-0.1, -0.05) is 0 Å². The van der Waals surface area contributed by atoms with Crippen molar-refractivity contribution in [3.05, 3.63) is 16.3 Å². The van der Waals surface area contributed by atoms with Crippen LogP contribution in [0.25, 0.3) is 10.2 Å². The molecule has 0 bridgehead atoms. The second-order valence-electron chi connectivity index (χ2n) is 6.49. The van der Waals surface area contributed by atoms with Gasteiger partial charge in [0.15, 0.2) is 0 Å². The Bertz CT molecular complexity index is 728. The number of morpholine rings is 1. The molecule has 130 valence electrons. The maximum absolute atomic E-state index is 10.4. The number of thiophene rings is 1. The number of hydrogen-bond acceptors (Lipinski definition) is 7. The molecule has 1 atom stereocenters. The first kappa shape index (κ1) is 16.7. The van der Waals surface area contributed by atoms with Gasteiger partial charge < -0.3 is 9.84 Å². The minimum atomic E-state index is -0.342. The number of aliphatic hydroxyl groups excluding tert-OH is 1. The van der Waals surface area contributed by atoms with Crippen molar-refractivity contribution in [2.24, 2.45) is 0 Å². The van der Waals surface area contributed by atoms with Crippen LogP contribution < -0.4 is 0 Å². The van der Waals surface area contributed by atoms with Gasteiger partial charge in [-0.05, 0) is 31.7 Å². The number of nitrogens with zero attached hydrogens (tertiary/aromatic N) is 3. The first-order valence-corrected chi connectivity index (χ1v) is 10.4. The van der Waals surface area contributed by atoms with Gasteiger partial charge in [-0.3, -0.25) is 4.90 Å². The number of rotatable bonds is 5. The Morgan fingerprint density at radius 2 is 2.12 bits per heavy atom. The minimum Gasteiger partial charge on any atom is -0.391 e. The van der Waals surface area contributed by atoms with Gasteiger partial charge in [-0.25, -0.2) is 9.97 Å². The lowest BCUT2D eigenvalue weighted by Crippen LogP contribution is -2.41. The van der Waals surface area contributed by atoms with Gasteiger partial charge in [0, 0.05) is 35.7 Å². The van der Waals surface area contributed by atoms with E-state index in [4.69, 9.17) is 4.74 Å². The van der Waals surface area contributed by atoms with Crippen molar-refractivity contribution in [2.45, 2.75) is 37.3 Å². The van der Waals surface area contributed by atoms with E-state index in [1.165, 1.54) is 28.7 Å². The second-order valence-corrected chi connectivity index (χ2v) is 8.58. The monoisotopic (exact) mass is 365 g/mol. The van der Waals surface area contributed by atoms with Gasteiger partial charge in [0.1, 0.15) is 15.7 Å². The summed E-state index contributed by atoms with van der Waals surface area (Å²) in [6.45, 7) is 6.04. The van der Waals surface area contributed by atoms with Crippen LogP contribution in [0, 0.1) is 6.92 Å². The third-order valence-corrected chi connectivity index (χ3v) is 6.93. The number of aryl methyl sites for hydroxylation is 3. The Morgan fingerprint density at radius 1 is 1.29 bits per heavy atom. The zero-order valence-electron chi connectivity index (χ0n) is 14.0. The Hall–Kier alpha value is -0.730. The Morgan fingerprint density at radius 3 is 2.96 bits per heavy atom. The molecule has 0 spiro atoms. The van der Waals surface area contributed by atoms with Crippen LogP contribution in [0.4, 0.5) is 0 Å². The van der Waals surface area contributed by atoms with Crippen molar-refractivity contribution in [3.8, 4) is 0 Å². The van der Waals surface area contributed by atoms with Crippen LogP contribution in [-0.4, -0.2) is 64.7 Å². The lowest BCUT2D eigenvalue weighted by molar-refractivity contribution is 0.0188. The van der Waals surface area contributed by atoms with Crippen molar-refractivity contribution < 1.29 is 9.84 Å². The summed E-state index contributed by atoms with van der Waals surface area (Å²) in [4.78, 5) is 14.2. The molecule has 1 aliphatic carbocycles. The summed E-state index contributed by atoms with van der Waals surface area (Å²) in [5.74, 6) is 1.50. The number of aromatic nitrogens is 2. The molecule has 1 fully saturated rings. The highest BCUT2D eigenvalue weighted by Crippen LogP contribution is 2.40. The first-order chi connectivity index (χ1) is 11.7. The van der Waals surface area contributed by atoms with Gasteiger partial charge in [-0.2, -0.15) is 0 Å². The molecular weight excluding hydrogens is 342 g/mol. The van der Waals surface area contributed by atoms with Crippen molar-refractivity contribution in [2.75, 3.05) is 38.6 Å². The van der Waals surface area contributed by atoms with E-state index in [0.29, 0.717) is 12.3 Å². The van der Waals surface area contributed by atoms with Crippen LogP contribution >= 0.6 is 23.1 Å². The lowest BCUT2D eigenvalue weighted by atomic mass is 10.2. The quantitative estimate of drug-likeness (QED) is 0.648. The molecule has 0 amide bonds. The summed E-state index contributed by atoms with van der Waals surface area (Å²) in [5, 5.41) is 12.7. The predicted octanol–water partition coefficient (Wildman–Crippen LogP) is 2.27. The van der Waals surface area contributed by atoms with Crippen LogP contribution in [-0.2, 0) is 17.6 Å². The molecule has 1 aliphatic heterocycles. The Labute approximate surface area is 150 Å². The van der Waals surface area contributed by atoms with E-state index >= 15 is 0 Å². The lowest BCUT2D eigenvalue weighted by Gasteiger charge is -2.28. The maximum Gasteiger partial charge on any atom is 0.128 e. The number of β-amino-alcohol motifs (C(OH)–C–C–N with tert-alkyl or cyclic N) is 1. The average Bonchev–Trinajstić information content (AvgIpc) is 3.14. The number of ether oxygens (including phenoxy) is 1. The van der Waals surface area contributed by atoms with Gasteiger partial charge in [0.25, 0.3) is 0 Å². The molecule has 0 unspecified atom stereocenters. The standard InChI is InChI=1S/C17H23N3O2S2/c1-11-18-16(15-13-3-2-4-14(13)24-17(15)19-11)23-10-12(21)9-20-5-7-22-8-6-20/h12,21H,2-10H2,1H3/t12-/m0/s1. The highest BCUT2D eigenvalue weighted by molar-refractivity contribution is 7.99. The van der Waals surface area contributed by atoms with E-state index in [9.17, 15) is 5.11 Å². The van der Waals surface area contributed by atoms with Crippen molar-refractivity contribution in [1.82, 2.24) is 14.9 Å². The highest BCUT2D eigenvalue weighted by Gasteiger charge is 2.23. The van der Waals surface area contributed by atoms with Crippen LogP contribution in [0.3, 0.4) is 0 Å². The molecule has 2 aromatic rings. The van der Waals surface area contributed by atoms with Crippen LogP contribution in [0.5, 0.6) is 0 Å². The van der Waals surface area contributed by atoms with Gasteiger partial charge >= 0.3 is 0 Å². The summed E-state index contributed by atoms with van der Waals surface area (Å²) in [5.41, 5.74) is 1.46. The maximum atomic E-state index is 10.4. The zero-order chi connectivity index (χ0) is 16.5. The van der Waals surface area contributed by atoms with E-state index in [-0.39, 0.29) is 6.10 Å². The smallest absolute Gasteiger partial charge is 0.128 e.